The number of H-pyrrole nitrogens is 1. The second-order valence-corrected chi connectivity index (χ2v) is 5.54. The van der Waals surface area contributed by atoms with Crippen molar-refractivity contribution in [1.82, 2.24) is 24.7 Å². The fourth-order valence-electron chi connectivity index (χ4n) is 2.63. The molecule has 0 spiro atoms. The van der Waals surface area contributed by atoms with Crippen molar-refractivity contribution in [3.8, 4) is 11.4 Å². The summed E-state index contributed by atoms with van der Waals surface area (Å²) in [5.74, 6) is 0.740. The van der Waals surface area contributed by atoms with Crippen LogP contribution in [0, 0.1) is 0 Å². The molecule has 0 saturated carbocycles. The summed E-state index contributed by atoms with van der Waals surface area (Å²) in [5.41, 5.74) is 2.32. The monoisotopic (exact) mass is 303 g/mol. The number of aromatic amines is 1. The number of nitrogens with one attached hydrogen (secondary N) is 1. The Labute approximate surface area is 126 Å². The van der Waals surface area contributed by atoms with Gasteiger partial charge >= 0.3 is 0 Å². The van der Waals surface area contributed by atoms with Crippen molar-refractivity contribution < 1.29 is 4.74 Å². The Morgan fingerprint density at radius 3 is 3.00 bits per heavy atom. The molecule has 1 N–H and O–H groups in total. The summed E-state index contributed by atoms with van der Waals surface area (Å²) in [6.07, 6.45) is 7.48. The number of hydrogen-bond acceptors (Lipinski definition) is 4. The first-order valence-corrected chi connectivity index (χ1v) is 7.31. The Hall–Kier alpha value is -1.92. The molecule has 0 unspecified atom stereocenters. The molecule has 1 fully saturated rings. The highest BCUT2D eigenvalue weighted by molar-refractivity contribution is 6.34. The van der Waals surface area contributed by atoms with Gasteiger partial charge in [0.05, 0.1) is 22.8 Å². The summed E-state index contributed by atoms with van der Waals surface area (Å²) >= 11 is 6.14. The van der Waals surface area contributed by atoms with Gasteiger partial charge in [0.25, 0.3) is 0 Å². The van der Waals surface area contributed by atoms with Crippen LogP contribution in [0.2, 0.25) is 5.02 Å². The van der Waals surface area contributed by atoms with E-state index in [1.54, 1.807) is 12.3 Å². The van der Waals surface area contributed by atoms with E-state index in [0.29, 0.717) is 16.7 Å². The fourth-order valence-corrected chi connectivity index (χ4v) is 2.82. The number of rotatable bonds is 2. The van der Waals surface area contributed by atoms with E-state index < -0.39 is 0 Å². The van der Waals surface area contributed by atoms with Crippen LogP contribution in [-0.4, -0.2) is 37.9 Å². The molecule has 7 heteroatoms. The maximum Gasteiger partial charge on any atom is 0.179 e. The normalized spacial score (nSPS) is 16.6. The largest absolute Gasteiger partial charge is 0.381 e. The van der Waals surface area contributed by atoms with E-state index in [9.17, 15) is 0 Å². The van der Waals surface area contributed by atoms with E-state index in [4.69, 9.17) is 16.3 Å². The molecule has 3 aromatic heterocycles. The molecule has 21 heavy (non-hydrogen) atoms. The van der Waals surface area contributed by atoms with Gasteiger partial charge < -0.3 is 9.72 Å². The molecule has 4 heterocycles. The summed E-state index contributed by atoms with van der Waals surface area (Å²) in [4.78, 5) is 11.9. The predicted molar refractivity (Wildman–Crippen MR) is 79.2 cm³/mol. The SMILES string of the molecule is Clc1ccnc2nc(-c3cnn(C4CCOCC4)c3)[nH]c12. The fraction of sp³-hybridized carbons (Fsp3) is 0.357. The van der Waals surface area contributed by atoms with Crippen LogP contribution in [0.15, 0.2) is 24.7 Å². The summed E-state index contributed by atoms with van der Waals surface area (Å²) in [6, 6.07) is 2.15. The Morgan fingerprint density at radius 1 is 1.33 bits per heavy atom. The minimum absolute atomic E-state index is 0.401. The van der Waals surface area contributed by atoms with Gasteiger partial charge in [-0.25, -0.2) is 9.97 Å². The average Bonchev–Trinajstić information content (AvgIpc) is 3.15. The quantitative estimate of drug-likeness (QED) is 0.790. The number of imidazole rings is 1. The molecular weight excluding hydrogens is 290 g/mol. The smallest absolute Gasteiger partial charge is 0.179 e. The van der Waals surface area contributed by atoms with Gasteiger partial charge in [0.1, 0.15) is 11.3 Å². The van der Waals surface area contributed by atoms with Gasteiger partial charge in [0, 0.05) is 25.6 Å². The van der Waals surface area contributed by atoms with Crippen LogP contribution in [0.1, 0.15) is 18.9 Å². The molecule has 3 aromatic rings. The lowest BCUT2D eigenvalue weighted by atomic mass is 10.1. The molecule has 0 amide bonds. The minimum Gasteiger partial charge on any atom is -0.381 e. The van der Waals surface area contributed by atoms with E-state index in [1.165, 1.54) is 0 Å². The highest BCUT2D eigenvalue weighted by atomic mass is 35.5. The van der Waals surface area contributed by atoms with Gasteiger partial charge in [-0.3, -0.25) is 4.68 Å². The van der Waals surface area contributed by atoms with Crippen molar-refractivity contribution in [1.29, 1.82) is 0 Å². The highest BCUT2D eigenvalue weighted by Crippen LogP contribution is 2.26. The lowest BCUT2D eigenvalue weighted by Gasteiger charge is -2.22. The molecule has 1 aliphatic heterocycles. The number of halogens is 1. The summed E-state index contributed by atoms with van der Waals surface area (Å²) < 4.78 is 7.38. The molecule has 0 atom stereocenters. The van der Waals surface area contributed by atoms with Crippen molar-refractivity contribution >= 4 is 22.8 Å². The van der Waals surface area contributed by atoms with E-state index in [0.717, 1.165) is 43.0 Å². The summed E-state index contributed by atoms with van der Waals surface area (Å²) in [7, 11) is 0. The topological polar surface area (TPSA) is 68.6 Å². The van der Waals surface area contributed by atoms with Gasteiger partial charge in [-0.05, 0) is 18.9 Å². The Morgan fingerprint density at radius 2 is 2.19 bits per heavy atom. The molecule has 0 bridgehead atoms. The highest BCUT2D eigenvalue weighted by Gasteiger charge is 2.18. The zero-order chi connectivity index (χ0) is 14.2. The van der Waals surface area contributed by atoms with Crippen LogP contribution < -0.4 is 0 Å². The van der Waals surface area contributed by atoms with E-state index >= 15 is 0 Å². The summed E-state index contributed by atoms with van der Waals surface area (Å²) in [6.45, 7) is 1.59. The Bertz CT molecular complexity index is 775. The molecular formula is C14H14ClN5O. The first-order valence-electron chi connectivity index (χ1n) is 6.94. The van der Waals surface area contributed by atoms with E-state index in [-0.39, 0.29) is 0 Å². The van der Waals surface area contributed by atoms with E-state index in [2.05, 4.69) is 20.1 Å². The van der Waals surface area contributed by atoms with Gasteiger partial charge in [0.2, 0.25) is 0 Å². The predicted octanol–water partition coefficient (Wildman–Crippen LogP) is 2.83. The molecule has 0 radical (unpaired) electrons. The number of aromatic nitrogens is 5. The zero-order valence-electron chi connectivity index (χ0n) is 11.3. The van der Waals surface area contributed by atoms with Crippen molar-refractivity contribution in [2.45, 2.75) is 18.9 Å². The van der Waals surface area contributed by atoms with Gasteiger partial charge in [0.15, 0.2) is 5.65 Å². The first kappa shape index (κ1) is 12.8. The summed E-state index contributed by atoms with van der Waals surface area (Å²) in [5, 5.41) is 5.08. The van der Waals surface area contributed by atoms with Crippen LogP contribution in [0.3, 0.4) is 0 Å². The maximum atomic E-state index is 6.14. The van der Waals surface area contributed by atoms with Crippen molar-refractivity contribution in [2.75, 3.05) is 13.2 Å². The third-order valence-electron chi connectivity index (χ3n) is 3.78. The lowest BCUT2D eigenvalue weighted by molar-refractivity contribution is 0.0662. The number of ether oxygens (including phenoxy) is 1. The minimum atomic E-state index is 0.401. The standard InChI is InChI=1S/C14H14ClN5O/c15-11-1-4-16-14-12(11)18-13(19-14)9-7-17-20(8-9)10-2-5-21-6-3-10/h1,4,7-8,10H,2-3,5-6H2,(H,16,18,19). The number of nitrogens with zero attached hydrogens (tertiary/aromatic N) is 4. The van der Waals surface area contributed by atoms with Gasteiger partial charge in [-0.1, -0.05) is 11.6 Å². The molecule has 1 aliphatic rings. The number of fused-ring (bicyclic) bond motifs is 1. The first-order chi connectivity index (χ1) is 10.3. The number of pyridine rings is 1. The maximum absolute atomic E-state index is 6.14. The third kappa shape index (κ3) is 2.30. The van der Waals surface area contributed by atoms with Gasteiger partial charge in [-0.15, -0.1) is 0 Å². The van der Waals surface area contributed by atoms with Crippen molar-refractivity contribution in [3.63, 3.8) is 0 Å². The van der Waals surface area contributed by atoms with Crippen LogP contribution in [0.25, 0.3) is 22.6 Å². The molecule has 4 rings (SSSR count). The Kier molecular flexibility index (Phi) is 3.12. The number of hydrogen-bond donors (Lipinski definition) is 1. The van der Waals surface area contributed by atoms with Gasteiger partial charge in [-0.2, -0.15) is 5.10 Å². The lowest BCUT2D eigenvalue weighted by Crippen LogP contribution is -2.19. The van der Waals surface area contributed by atoms with Crippen molar-refractivity contribution in [3.05, 3.63) is 29.7 Å². The second-order valence-electron chi connectivity index (χ2n) is 5.13. The molecule has 6 nitrogen and oxygen atoms in total. The van der Waals surface area contributed by atoms with Crippen LogP contribution in [0.4, 0.5) is 0 Å². The van der Waals surface area contributed by atoms with Crippen LogP contribution in [0.5, 0.6) is 0 Å². The molecule has 108 valence electrons. The van der Waals surface area contributed by atoms with Crippen molar-refractivity contribution in [2.24, 2.45) is 0 Å². The zero-order valence-corrected chi connectivity index (χ0v) is 12.0. The molecule has 0 aromatic carbocycles. The van der Waals surface area contributed by atoms with Crippen LogP contribution in [-0.2, 0) is 4.74 Å². The second kappa shape index (κ2) is 5.13. The third-order valence-corrected chi connectivity index (χ3v) is 4.10. The van der Waals surface area contributed by atoms with Crippen LogP contribution >= 0.6 is 11.6 Å². The molecule has 0 aliphatic carbocycles. The average molecular weight is 304 g/mol. The van der Waals surface area contributed by atoms with E-state index in [1.807, 2.05) is 17.1 Å². The Balaban J connectivity index is 1.68. The molecule has 1 saturated heterocycles.